The number of nitrogens with one attached hydrogen (secondary N) is 1. The molecule has 0 aliphatic heterocycles. The van der Waals surface area contributed by atoms with Gasteiger partial charge >= 0.3 is 0 Å². The Kier molecular flexibility index (Phi) is 6.30. The third-order valence-corrected chi connectivity index (χ3v) is 2.12. The second kappa shape index (κ2) is 7.91. The summed E-state index contributed by atoms with van der Waals surface area (Å²) in [5.41, 5.74) is 1.15. The van der Waals surface area contributed by atoms with Gasteiger partial charge in [0.15, 0.2) is 0 Å². The number of hydrogen-bond acceptors (Lipinski definition) is 3. The molecule has 1 rings (SSSR count). The Morgan fingerprint density at radius 3 is 2.88 bits per heavy atom. The molecule has 0 saturated carbocycles. The van der Waals surface area contributed by atoms with E-state index in [9.17, 15) is 0 Å². The van der Waals surface area contributed by atoms with Crippen molar-refractivity contribution in [1.29, 1.82) is 0 Å². The fourth-order valence-electron chi connectivity index (χ4n) is 1.33. The maximum Gasteiger partial charge on any atom is 0.123 e. The monoisotopic (exact) mass is 221 g/mol. The van der Waals surface area contributed by atoms with Gasteiger partial charge in [-0.1, -0.05) is 24.3 Å². The molecule has 0 aliphatic rings. The van der Waals surface area contributed by atoms with E-state index in [1.165, 1.54) is 0 Å². The molecule has 1 aromatic carbocycles. The minimum absolute atomic E-state index is 0.578. The molecule has 16 heavy (non-hydrogen) atoms. The van der Waals surface area contributed by atoms with Crippen LogP contribution in [-0.2, 0) is 11.3 Å². The van der Waals surface area contributed by atoms with Crippen molar-refractivity contribution in [2.45, 2.75) is 6.54 Å². The minimum Gasteiger partial charge on any atom is -0.491 e. The van der Waals surface area contributed by atoms with Gasteiger partial charge in [0.2, 0.25) is 0 Å². The normalized spacial score (nSPS) is 10.1. The van der Waals surface area contributed by atoms with Gasteiger partial charge in [0.1, 0.15) is 12.4 Å². The first-order chi connectivity index (χ1) is 7.88. The lowest BCUT2D eigenvalue weighted by Crippen LogP contribution is -2.14. The average Bonchev–Trinajstić information content (AvgIpc) is 2.32. The van der Waals surface area contributed by atoms with Gasteiger partial charge in [0, 0.05) is 25.8 Å². The molecule has 3 heteroatoms. The number of ether oxygens (including phenoxy) is 2. The first-order valence-corrected chi connectivity index (χ1v) is 5.39. The molecule has 1 aromatic rings. The molecular formula is C13H19NO2. The van der Waals surface area contributed by atoms with Gasteiger partial charge in [-0.15, -0.1) is 6.58 Å². The van der Waals surface area contributed by atoms with Crippen molar-refractivity contribution in [2.24, 2.45) is 0 Å². The largest absolute Gasteiger partial charge is 0.491 e. The van der Waals surface area contributed by atoms with Gasteiger partial charge in [0.25, 0.3) is 0 Å². The van der Waals surface area contributed by atoms with Crippen LogP contribution in [0.5, 0.6) is 5.75 Å². The Morgan fingerprint density at radius 1 is 1.31 bits per heavy atom. The maximum absolute atomic E-state index is 5.62. The van der Waals surface area contributed by atoms with E-state index in [0.717, 1.165) is 24.4 Å². The van der Waals surface area contributed by atoms with Crippen LogP contribution in [0.15, 0.2) is 36.9 Å². The Labute approximate surface area is 97.1 Å². The van der Waals surface area contributed by atoms with E-state index in [1.54, 1.807) is 7.11 Å². The van der Waals surface area contributed by atoms with Crippen molar-refractivity contribution in [3.05, 3.63) is 42.5 Å². The summed E-state index contributed by atoms with van der Waals surface area (Å²) in [6.45, 7) is 6.43. The highest BCUT2D eigenvalue weighted by atomic mass is 16.5. The zero-order valence-electron chi connectivity index (χ0n) is 9.74. The average molecular weight is 221 g/mol. The highest BCUT2D eigenvalue weighted by Crippen LogP contribution is 2.17. The number of hydrogen-bond donors (Lipinski definition) is 1. The predicted octanol–water partition coefficient (Wildman–Crippen LogP) is 1.99. The third-order valence-electron chi connectivity index (χ3n) is 2.12. The molecule has 1 N–H and O–H groups in total. The van der Waals surface area contributed by atoms with Crippen molar-refractivity contribution in [2.75, 3.05) is 26.9 Å². The molecule has 0 radical (unpaired) electrons. The molecule has 0 atom stereocenters. The standard InChI is InChI=1S/C13H19NO2/c1-3-8-14-11-12-6-4-5-7-13(12)16-10-9-15-2/h3-7,14H,1,8-11H2,2H3. The second-order valence-corrected chi connectivity index (χ2v) is 3.37. The van der Waals surface area contributed by atoms with Crippen molar-refractivity contribution in [1.82, 2.24) is 5.32 Å². The smallest absolute Gasteiger partial charge is 0.123 e. The molecule has 0 unspecified atom stereocenters. The summed E-state index contributed by atoms with van der Waals surface area (Å²) in [4.78, 5) is 0. The van der Waals surface area contributed by atoms with Gasteiger partial charge in [-0.25, -0.2) is 0 Å². The Balaban J connectivity index is 2.49. The van der Waals surface area contributed by atoms with E-state index < -0.39 is 0 Å². The summed E-state index contributed by atoms with van der Waals surface area (Å²) >= 11 is 0. The summed E-state index contributed by atoms with van der Waals surface area (Å²) in [6, 6.07) is 8.01. The van der Waals surface area contributed by atoms with Gasteiger partial charge in [0.05, 0.1) is 6.61 Å². The van der Waals surface area contributed by atoms with Gasteiger partial charge in [-0.3, -0.25) is 0 Å². The molecule has 88 valence electrons. The van der Waals surface area contributed by atoms with E-state index in [0.29, 0.717) is 13.2 Å². The molecule has 0 aromatic heterocycles. The highest BCUT2D eigenvalue weighted by Gasteiger charge is 2.01. The molecule has 0 bridgehead atoms. The van der Waals surface area contributed by atoms with Crippen LogP contribution in [0, 0.1) is 0 Å². The van der Waals surface area contributed by atoms with Crippen LogP contribution in [0.25, 0.3) is 0 Å². The molecular weight excluding hydrogens is 202 g/mol. The molecule has 3 nitrogen and oxygen atoms in total. The zero-order chi connectivity index (χ0) is 11.6. The van der Waals surface area contributed by atoms with E-state index in [4.69, 9.17) is 9.47 Å². The van der Waals surface area contributed by atoms with Crippen molar-refractivity contribution < 1.29 is 9.47 Å². The number of methoxy groups -OCH3 is 1. The fourth-order valence-corrected chi connectivity index (χ4v) is 1.33. The first-order valence-electron chi connectivity index (χ1n) is 5.39. The quantitative estimate of drug-likeness (QED) is 0.538. The Bertz CT molecular complexity index is 313. The molecule has 0 heterocycles. The SMILES string of the molecule is C=CCNCc1ccccc1OCCOC. The Morgan fingerprint density at radius 2 is 2.12 bits per heavy atom. The fraction of sp³-hybridized carbons (Fsp3) is 0.385. The molecule has 0 spiro atoms. The van der Waals surface area contributed by atoms with Crippen molar-refractivity contribution in [3.63, 3.8) is 0 Å². The van der Waals surface area contributed by atoms with Crippen LogP contribution in [0.2, 0.25) is 0 Å². The molecule has 0 saturated heterocycles. The van der Waals surface area contributed by atoms with E-state index in [1.807, 2.05) is 24.3 Å². The lowest BCUT2D eigenvalue weighted by molar-refractivity contribution is 0.145. The summed E-state index contributed by atoms with van der Waals surface area (Å²) in [6.07, 6.45) is 1.84. The third kappa shape index (κ3) is 4.47. The Hall–Kier alpha value is -1.32. The molecule has 0 aliphatic carbocycles. The lowest BCUT2D eigenvalue weighted by Gasteiger charge is -2.11. The number of para-hydroxylation sites is 1. The topological polar surface area (TPSA) is 30.5 Å². The molecule has 0 fully saturated rings. The predicted molar refractivity (Wildman–Crippen MR) is 65.7 cm³/mol. The number of benzene rings is 1. The lowest BCUT2D eigenvalue weighted by atomic mass is 10.2. The van der Waals surface area contributed by atoms with Gasteiger partial charge < -0.3 is 14.8 Å². The molecule has 0 amide bonds. The van der Waals surface area contributed by atoms with Crippen LogP contribution in [0.3, 0.4) is 0 Å². The maximum atomic E-state index is 5.62. The van der Waals surface area contributed by atoms with Crippen LogP contribution < -0.4 is 10.1 Å². The summed E-state index contributed by atoms with van der Waals surface area (Å²) in [7, 11) is 1.67. The van der Waals surface area contributed by atoms with Gasteiger partial charge in [-0.05, 0) is 6.07 Å². The van der Waals surface area contributed by atoms with Gasteiger partial charge in [-0.2, -0.15) is 0 Å². The van der Waals surface area contributed by atoms with E-state index in [-0.39, 0.29) is 0 Å². The summed E-state index contributed by atoms with van der Waals surface area (Å²) < 4.78 is 10.6. The van der Waals surface area contributed by atoms with Crippen LogP contribution >= 0.6 is 0 Å². The first kappa shape index (κ1) is 12.7. The van der Waals surface area contributed by atoms with E-state index in [2.05, 4.69) is 18.0 Å². The van der Waals surface area contributed by atoms with E-state index >= 15 is 0 Å². The summed E-state index contributed by atoms with van der Waals surface area (Å²) in [5, 5.41) is 3.25. The zero-order valence-corrected chi connectivity index (χ0v) is 9.74. The minimum atomic E-state index is 0.578. The highest BCUT2D eigenvalue weighted by molar-refractivity contribution is 5.33. The van der Waals surface area contributed by atoms with Crippen molar-refractivity contribution in [3.8, 4) is 5.75 Å². The number of rotatable bonds is 8. The van der Waals surface area contributed by atoms with Crippen LogP contribution in [0.4, 0.5) is 0 Å². The van der Waals surface area contributed by atoms with Crippen LogP contribution in [-0.4, -0.2) is 26.9 Å². The van der Waals surface area contributed by atoms with Crippen LogP contribution in [0.1, 0.15) is 5.56 Å². The summed E-state index contributed by atoms with van der Waals surface area (Å²) in [5.74, 6) is 0.913. The van der Waals surface area contributed by atoms with Crippen molar-refractivity contribution >= 4 is 0 Å². The second-order valence-electron chi connectivity index (χ2n) is 3.37.